The fourth-order valence-corrected chi connectivity index (χ4v) is 5.63. The summed E-state index contributed by atoms with van der Waals surface area (Å²) in [6.07, 6.45) is 10.3. The van der Waals surface area contributed by atoms with Crippen LogP contribution in [0.1, 0.15) is 63.2 Å². The minimum Gasteiger partial charge on any atom is -0.493 e. The highest BCUT2D eigenvalue weighted by Crippen LogP contribution is 2.33. The molecule has 2 heterocycles. The highest BCUT2D eigenvalue weighted by molar-refractivity contribution is 5.97. The van der Waals surface area contributed by atoms with Gasteiger partial charge in [0.2, 0.25) is 0 Å². The van der Waals surface area contributed by atoms with Gasteiger partial charge in [-0.25, -0.2) is 0 Å². The molecule has 0 bridgehead atoms. The Labute approximate surface area is 251 Å². The zero-order valence-corrected chi connectivity index (χ0v) is 25.9. The Hall–Kier alpha value is -3.17. The van der Waals surface area contributed by atoms with Crippen LogP contribution >= 0.6 is 0 Å². The van der Waals surface area contributed by atoms with Gasteiger partial charge in [-0.15, -0.1) is 0 Å². The summed E-state index contributed by atoms with van der Waals surface area (Å²) >= 11 is 0. The molecule has 0 unspecified atom stereocenters. The van der Waals surface area contributed by atoms with E-state index in [1.807, 2.05) is 17.9 Å². The number of aliphatic imine (C=N–C) groups is 1. The fourth-order valence-electron chi connectivity index (χ4n) is 5.63. The van der Waals surface area contributed by atoms with E-state index in [1.54, 1.807) is 38.6 Å². The van der Waals surface area contributed by atoms with Crippen molar-refractivity contribution >= 4 is 17.5 Å². The summed E-state index contributed by atoms with van der Waals surface area (Å²) in [6.45, 7) is 10.1. The smallest absolute Gasteiger partial charge is 0.254 e. The van der Waals surface area contributed by atoms with Crippen LogP contribution in [-0.2, 0) is 9.53 Å². The van der Waals surface area contributed by atoms with Crippen molar-refractivity contribution in [3.63, 3.8) is 0 Å². The van der Waals surface area contributed by atoms with Gasteiger partial charge in [0.15, 0.2) is 11.5 Å². The van der Waals surface area contributed by atoms with Crippen molar-refractivity contribution in [2.45, 2.75) is 65.0 Å². The number of methoxy groups -OCH3 is 2. The van der Waals surface area contributed by atoms with Gasteiger partial charge in [-0.1, -0.05) is 6.08 Å². The number of ether oxygens (including phenoxy) is 3. The quantitative estimate of drug-likeness (QED) is 0.326. The molecular formula is C33H48N4O5. The van der Waals surface area contributed by atoms with Crippen molar-refractivity contribution in [1.29, 1.82) is 0 Å². The summed E-state index contributed by atoms with van der Waals surface area (Å²) in [5, 5.41) is 3.54. The number of benzene rings is 1. The molecule has 1 saturated heterocycles. The first-order chi connectivity index (χ1) is 20.3. The van der Waals surface area contributed by atoms with Crippen LogP contribution in [0, 0.1) is 11.8 Å². The summed E-state index contributed by atoms with van der Waals surface area (Å²) in [4.78, 5) is 36.1. The third-order valence-corrected chi connectivity index (χ3v) is 8.27. The minimum absolute atomic E-state index is 0.0160. The number of allylic oxidation sites excluding steroid dienone is 2. The molecule has 2 aliphatic heterocycles. The van der Waals surface area contributed by atoms with Crippen molar-refractivity contribution < 1.29 is 23.8 Å². The van der Waals surface area contributed by atoms with Gasteiger partial charge >= 0.3 is 0 Å². The van der Waals surface area contributed by atoms with Gasteiger partial charge in [0.1, 0.15) is 0 Å². The van der Waals surface area contributed by atoms with E-state index in [-0.39, 0.29) is 29.7 Å². The van der Waals surface area contributed by atoms with Crippen LogP contribution in [-0.4, -0.2) is 93.0 Å². The molecule has 1 N–H and O–H groups in total. The van der Waals surface area contributed by atoms with Crippen LogP contribution in [0.2, 0.25) is 0 Å². The van der Waals surface area contributed by atoms with Gasteiger partial charge in [0, 0.05) is 81.4 Å². The molecule has 1 saturated carbocycles. The van der Waals surface area contributed by atoms with Gasteiger partial charge < -0.3 is 29.3 Å². The van der Waals surface area contributed by atoms with Gasteiger partial charge in [-0.3, -0.25) is 14.6 Å². The fraction of sp³-hybridized carbons (Fsp3) is 0.606. The summed E-state index contributed by atoms with van der Waals surface area (Å²) in [5.41, 5.74) is 2.27. The normalized spacial score (nSPS) is 23.7. The molecule has 2 atom stereocenters. The molecule has 0 aromatic heterocycles. The molecule has 1 aromatic carbocycles. The molecule has 4 rings (SSSR count). The van der Waals surface area contributed by atoms with E-state index < -0.39 is 0 Å². The molecular weight excluding hydrogens is 532 g/mol. The van der Waals surface area contributed by atoms with Crippen LogP contribution < -0.4 is 14.8 Å². The van der Waals surface area contributed by atoms with Gasteiger partial charge in [-0.05, 0) is 82.6 Å². The molecule has 3 aliphatic rings. The topological polar surface area (TPSA) is 92.7 Å². The maximum absolute atomic E-state index is 13.9. The zero-order chi connectivity index (χ0) is 30.1. The lowest BCUT2D eigenvalue weighted by Gasteiger charge is -2.34. The first-order valence-corrected chi connectivity index (χ1v) is 15.3. The number of amides is 2. The van der Waals surface area contributed by atoms with E-state index in [4.69, 9.17) is 14.2 Å². The molecule has 9 nitrogen and oxygen atoms in total. The number of hydrogen-bond donors (Lipinski definition) is 1. The lowest BCUT2D eigenvalue weighted by Crippen LogP contribution is -2.45. The van der Waals surface area contributed by atoms with Crippen molar-refractivity contribution in [3.8, 4) is 11.5 Å². The molecule has 2 amide bonds. The Morgan fingerprint density at radius 2 is 1.81 bits per heavy atom. The second-order valence-electron chi connectivity index (χ2n) is 11.8. The largest absolute Gasteiger partial charge is 0.493 e. The lowest BCUT2D eigenvalue weighted by molar-refractivity contribution is -0.128. The number of carbonyl (C=O) groups is 2. The van der Waals surface area contributed by atoms with E-state index in [0.717, 1.165) is 50.1 Å². The first kappa shape index (κ1) is 31.8. The molecule has 2 fully saturated rings. The minimum atomic E-state index is -0.0314. The third-order valence-electron chi connectivity index (χ3n) is 8.27. The van der Waals surface area contributed by atoms with Crippen LogP contribution in [0.15, 0.2) is 47.1 Å². The Morgan fingerprint density at radius 1 is 1.05 bits per heavy atom. The Kier molecular flexibility index (Phi) is 11.6. The average Bonchev–Trinajstić information content (AvgIpc) is 3.72. The number of nitrogens with zero attached hydrogens (tertiary/aromatic N) is 3. The third kappa shape index (κ3) is 8.44. The lowest BCUT2D eigenvalue weighted by atomic mass is 9.93. The van der Waals surface area contributed by atoms with E-state index in [1.165, 1.54) is 0 Å². The Bertz CT molecular complexity index is 1170. The van der Waals surface area contributed by atoms with Crippen molar-refractivity contribution in [2.75, 3.05) is 53.6 Å². The zero-order valence-electron chi connectivity index (χ0n) is 25.9. The molecule has 1 aliphatic carbocycles. The summed E-state index contributed by atoms with van der Waals surface area (Å²) in [7, 11) is 3.26. The van der Waals surface area contributed by atoms with Gasteiger partial charge in [0.25, 0.3) is 11.8 Å². The van der Waals surface area contributed by atoms with Crippen LogP contribution in [0.3, 0.4) is 0 Å². The summed E-state index contributed by atoms with van der Waals surface area (Å²) in [5.74, 6) is 1.74. The summed E-state index contributed by atoms with van der Waals surface area (Å²) < 4.78 is 16.5. The van der Waals surface area contributed by atoms with Crippen LogP contribution in [0.25, 0.3) is 0 Å². The second kappa shape index (κ2) is 15.3. The van der Waals surface area contributed by atoms with Crippen LogP contribution in [0.5, 0.6) is 11.5 Å². The van der Waals surface area contributed by atoms with E-state index >= 15 is 0 Å². The highest BCUT2D eigenvalue weighted by atomic mass is 16.5. The maximum atomic E-state index is 13.9. The predicted molar refractivity (Wildman–Crippen MR) is 165 cm³/mol. The number of rotatable bonds is 14. The molecule has 9 heteroatoms. The number of nitrogens with one attached hydrogen (secondary N) is 1. The molecule has 0 spiro atoms. The van der Waals surface area contributed by atoms with E-state index in [0.29, 0.717) is 55.8 Å². The van der Waals surface area contributed by atoms with Crippen LogP contribution in [0.4, 0.5) is 0 Å². The van der Waals surface area contributed by atoms with Crippen molar-refractivity contribution in [3.05, 3.63) is 47.7 Å². The van der Waals surface area contributed by atoms with E-state index in [2.05, 4.69) is 35.1 Å². The SMILES string of the molecule is COCCCOc1cc(C(=O)N(C[C@@H]2CNC[C@H]2CN(C(=O)/C2=C/N=C(C)\C=C/CC2)C2CC2)C(C)C)ccc1OC. The molecule has 42 heavy (non-hydrogen) atoms. The van der Waals surface area contributed by atoms with Gasteiger partial charge in [0.05, 0.1) is 13.7 Å². The predicted octanol–water partition coefficient (Wildman–Crippen LogP) is 4.48. The standard InChI is InChI=1S/C33H48N4O5/c1-23(2)36(32(38)25-11-14-30(41-5)31(17-25)42-16-8-15-40-4)21-27-18-34-19-28(27)22-37(29-12-13-29)33(39)26-10-7-6-9-24(3)35-20-26/h6,9,11,14,17,20,23,27-29,34H,7-8,10,12-13,15-16,18-19,21-22H2,1-5H3/b9-6-,26-20+,35-24-/t27-,28-/m0/s1. The van der Waals surface area contributed by atoms with Gasteiger partial charge in [-0.2, -0.15) is 0 Å². The Morgan fingerprint density at radius 3 is 2.50 bits per heavy atom. The molecule has 230 valence electrons. The molecule has 0 radical (unpaired) electrons. The highest BCUT2D eigenvalue weighted by Gasteiger charge is 2.39. The number of carbonyl (C=O) groups excluding carboxylic acids is 2. The molecule has 1 aromatic rings. The summed E-state index contributed by atoms with van der Waals surface area (Å²) in [6, 6.07) is 5.70. The average molecular weight is 581 g/mol. The maximum Gasteiger partial charge on any atom is 0.254 e. The first-order valence-electron chi connectivity index (χ1n) is 15.3. The van der Waals surface area contributed by atoms with Crippen molar-refractivity contribution in [1.82, 2.24) is 15.1 Å². The van der Waals surface area contributed by atoms with Crippen molar-refractivity contribution in [2.24, 2.45) is 16.8 Å². The monoisotopic (exact) mass is 580 g/mol. The second-order valence-corrected chi connectivity index (χ2v) is 11.8. The number of hydrogen-bond acceptors (Lipinski definition) is 7. The Balaban J connectivity index is 1.46. The van der Waals surface area contributed by atoms with E-state index in [9.17, 15) is 9.59 Å².